The predicted molar refractivity (Wildman–Crippen MR) is 323 cm³/mol. The Balaban J connectivity index is 4.93. The molecule has 0 radical (unpaired) electrons. The Kier molecular flexibility index (Phi) is 53.8. The molecule has 3 atom stereocenters. The Morgan fingerprint density at radius 3 is 1.28 bits per heavy atom. The molecular weight excluding hydrogens is 952 g/mol. The Morgan fingerprint density at radius 2 is 0.827 bits per heavy atom. The fourth-order valence-corrected chi connectivity index (χ4v) is 9.98. The number of likely N-dealkylation sites (N-methyl/N-ethyl adjacent to an activating group) is 1. The highest BCUT2D eigenvalue weighted by Gasteiger charge is 2.30. The summed E-state index contributed by atoms with van der Waals surface area (Å²) in [6.07, 6.45) is 68.4. The van der Waals surface area contributed by atoms with E-state index in [1.807, 2.05) is 33.3 Å². The highest BCUT2D eigenvalue weighted by molar-refractivity contribution is 7.47. The van der Waals surface area contributed by atoms with Gasteiger partial charge in [0.05, 0.1) is 33.8 Å². The predicted octanol–water partition coefficient (Wildman–Crippen LogP) is 19.7. The number of unbranched alkanes of at least 4 members (excludes halogenated alkanes) is 36. The van der Waals surface area contributed by atoms with Crippen LogP contribution in [0.5, 0.6) is 0 Å². The number of amides is 1. The molecule has 0 aliphatic carbocycles. The first-order chi connectivity index (χ1) is 36.4. The molecule has 0 aromatic heterocycles. The van der Waals surface area contributed by atoms with Gasteiger partial charge in [-0.3, -0.25) is 18.6 Å². The number of esters is 1. The van der Waals surface area contributed by atoms with Gasteiger partial charge >= 0.3 is 13.8 Å². The molecule has 0 aliphatic heterocycles. The van der Waals surface area contributed by atoms with Gasteiger partial charge in [-0.15, -0.1) is 0 Å². The second kappa shape index (κ2) is 55.3. The minimum absolute atomic E-state index is 0.0397. The van der Waals surface area contributed by atoms with E-state index in [9.17, 15) is 19.0 Å². The second-order valence-electron chi connectivity index (χ2n) is 22.9. The van der Waals surface area contributed by atoms with Crippen molar-refractivity contribution in [2.75, 3.05) is 40.9 Å². The van der Waals surface area contributed by atoms with Crippen LogP contribution in [0.15, 0.2) is 48.6 Å². The number of hydrogen-bond donors (Lipinski definition) is 2. The minimum Gasteiger partial charge on any atom is -0.456 e. The first kappa shape index (κ1) is 73.0. The number of carbonyl (C=O) groups is 2. The van der Waals surface area contributed by atoms with E-state index in [4.69, 9.17) is 13.8 Å². The van der Waals surface area contributed by atoms with Crippen LogP contribution in [0.3, 0.4) is 0 Å². The summed E-state index contributed by atoms with van der Waals surface area (Å²) in [5.41, 5.74) is 0. The van der Waals surface area contributed by atoms with Crippen molar-refractivity contribution in [3.63, 3.8) is 0 Å². The number of hydrogen-bond acceptors (Lipinski definition) is 6. The number of allylic oxidation sites excluding steroid dienone is 7. The number of ether oxygens (including phenoxy) is 1. The Hall–Kier alpha value is -2.03. The molecule has 0 heterocycles. The summed E-state index contributed by atoms with van der Waals surface area (Å²) >= 11 is 0. The van der Waals surface area contributed by atoms with Gasteiger partial charge in [0.15, 0.2) is 0 Å². The molecule has 75 heavy (non-hydrogen) atoms. The van der Waals surface area contributed by atoms with E-state index < -0.39 is 20.0 Å². The topological polar surface area (TPSA) is 111 Å². The van der Waals surface area contributed by atoms with Gasteiger partial charge in [0.25, 0.3) is 0 Å². The molecule has 10 heteroatoms. The summed E-state index contributed by atoms with van der Waals surface area (Å²) in [7, 11) is 1.50. The summed E-state index contributed by atoms with van der Waals surface area (Å²) < 4.78 is 30.6. The molecule has 3 unspecified atom stereocenters. The summed E-state index contributed by atoms with van der Waals surface area (Å²) in [5.74, 6) is -0.508. The van der Waals surface area contributed by atoms with Crippen LogP contribution in [-0.4, -0.2) is 74.3 Å². The molecule has 9 nitrogen and oxygen atoms in total. The minimum atomic E-state index is -4.44. The molecule has 440 valence electrons. The normalized spacial score (nSPS) is 14.0. The van der Waals surface area contributed by atoms with Gasteiger partial charge in [-0.05, 0) is 83.1 Å². The van der Waals surface area contributed by atoms with Gasteiger partial charge in [0.2, 0.25) is 5.91 Å². The zero-order valence-corrected chi connectivity index (χ0v) is 51.2. The highest BCUT2D eigenvalue weighted by atomic mass is 31.2. The monoisotopic (exact) mass is 1080 g/mol. The van der Waals surface area contributed by atoms with E-state index in [-0.39, 0.29) is 25.1 Å². The highest BCUT2D eigenvalue weighted by Crippen LogP contribution is 2.43. The Bertz CT molecular complexity index is 1420. The standard InChI is InChI=1S/C65H123N2O7P/c1-7-10-13-16-19-22-25-26-27-28-29-30-31-32-33-34-35-36-37-38-39-40-43-46-49-52-55-58-65(69)74-63(56-53-50-47-44-41-23-20-17-14-11-8-2)62(61-73-75(70,71)72-60-59-67(4,5)6)66-64(68)57-54-51-48-45-42-24-21-18-15-12-9-3/h18-19,21-22,26-27,53,56,62-63H,7-17,20,23-25,28-52,54-55,57-61H2,1-6H3,(H-,66,68,70,71)/p+1/b21-18-,22-19-,27-26-,56-53-. The van der Waals surface area contributed by atoms with Crippen LogP contribution < -0.4 is 5.32 Å². The molecule has 0 aliphatic rings. The smallest absolute Gasteiger partial charge is 0.456 e. The summed E-state index contributed by atoms with van der Waals surface area (Å²) in [5, 5.41) is 3.04. The number of nitrogens with zero attached hydrogens (tertiary/aromatic N) is 1. The second-order valence-corrected chi connectivity index (χ2v) is 24.4. The zero-order chi connectivity index (χ0) is 55.0. The molecule has 0 aromatic carbocycles. The molecule has 0 spiro atoms. The van der Waals surface area contributed by atoms with E-state index in [0.29, 0.717) is 23.9 Å². The van der Waals surface area contributed by atoms with E-state index in [0.717, 1.165) is 89.9 Å². The number of phosphoric acid groups is 1. The zero-order valence-electron chi connectivity index (χ0n) is 50.3. The molecule has 0 bridgehead atoms. The van der Waals surface area contributed by atoms with Crippen molar-refractivity contribution in [3.05, 3.63) is 48.6 Å². The quantitative estimate of drug-likeness (QED) is 0.0205. The van der Waals surface area contributed by atoms with Gasteiger partial charge in [-0.1, -0.05) is 256 Å². The van der Waals surface area contributed by atoms with Crippen LogP contribution in [0.2, 0.25) is 0 Å². The van der Waals surface area contributed by atoms with Gasteiger partial charge in [0.1, 0.15) is 19.3 Å². The number of phosphoric ester groups is 1. The van der Waals surface area contributed by atoms with Gasteiger partial charge in [0, 0.05) is 12.8 Å². The molecule has 0 aromatic rings. The van der Waals surface area contributed by atoms with Crippen molar-refractivity contribution in [1.82, 2.24) is 5.32 Å². The maximum absolute atomic E-state index is 13.5. The lowest BCUT2D eigenvalue weighted by atomic mass is 10.0. The molecule has 0 saturated heterocycles. The van der Waals surface area contributed by atoms with Gasteiger partial charge in [-0.25, -0.2) is 4.57 Å². The maximum atomic E-state index is 13.5. The van der Waals surface area contributed by atoms with Crippen LogP contribution in [0.4, 0.5) is 0 Å². The largest absolute Gasteiger partial charge is 0.472 e. The van der Waals surface area contributed by atoms with Crippen LogP contribution in [0, 0.1) is 0 Å². The van der Waals surface area contributed by atoms with Gasteiger partial charge in [-0.2, -0.15) is 0 Å². The fourth-order valence-electron chi connectivity index (χ4n) is 9.25. The Labute approximate surface area is 465 Å². The maximum Gasteiger partial charge on any atom is 0.472 e. The first-order valence-electron chi connectivity index (χ1n) is 32.0. The number of rotatable bonds is 58. The fraction of sp³-hybridized carbons (Fsp3) is 0.846. The van der Waals surface area contributed by atoms with Crippen molar-refractivity contribution < 1.29 is 37.3 Å². The summed E-state index contributed by atoms with van der Waals surface area (Å²) in [6, 6.07) is -0.849. The summed E-state index contributed by atoms with van der Waals surface area (Å²) in [6.45, 7) is 6.96. The molecule has 0 fully saturated rings. The van der Waals surface area contributed by atoms with Gasteiger partial charge < -0.3 is 19.4 Å². The molecular formula is C65H124N2O7P+. The Morgan fingerprint density at radius 1 is 0.467 bits per heavy atom. The SMILES string of the molecule is CCCC/C=C\CCCCCCCC(=O)NC(COP(=O)(O)OCC[N+](C)(C)C)C(/C=C\CCCCCCCCCCC)OC(=O)CCCCCCCCCCCCCCCCCCC/C=C\C/C=C\CCCCC. The lowest BCUT2D eigenvalue weighted by Gasteiger charge is -2.27. The van der Waals surface area contributed by atoms with E-state index in [1.54, 1.807) is 0 Å². The average Bonchev–Trinajstić information content (AvgIpc) is 3.37. The van der Waals surface area contributed by atoms with E-state index >= 15 is 0 Å². The molecule has 1 amide bonds. The van der Waals surface area contributed by atoms with Crippen molar-refractivity contribution in [1.29, 1.82) is 0 Å². The first-order valence-corrected chi connectivity index (χ1v) is 33.5. The third kappa shape index (κ3) is 56.5. The van der Waals surface area contributed by atoms with Crippen molar-refractivity contribution >= 4 is 19.7 Å². The summed E-state index contributed by atoms with van der Waals surface area (Å²) in [4.78, 5) is 37.6. The van der Waals surface area contributed by atoms with Crippen molar-refractivity contribution in [2.24, 2.45) is 0 Å². The van der Waals surface area contributed by atoms with Crippen LogP contribution in [0.25, 0.3) is 0 Å². The molecule has 2 N–H and O–H groups in total. The van der Waals surface area contributed by atoms with E-state index in [2.05, 4.69) is 62.5 Å². The third-order valence-electron chi connectivity index (χ3n) is 14.2. The lowest BCUT2D eigenvalue weighted by Crippen LogP contribution is -2.47. The lowest BCUT2D eigenvalue weighted by molar-refractivity contribution is -0.870. The van der Waals surface area contributed by atoms with Crippen LogP contribution in [0.1, 0.15) is 303 Å². The third-order valence-corrected chi connectivity index (χ3v) is 15.2. The van der Waals surface area contributed by atoms with Crippen molar-refractivity contribution in [3.8, 4) is 0 Å². The average molecular weight is 1080 g/mol. The molecule has 0 rings (SSSR count). The molecule has 0 saturated carbocycles. The van der Waals surface area contributed by atoms with E-state index in [1.165, 1.54) is 180 Å². The van der Waals surface area contributed by atoms with Crippen molar-refractivity contribution in [2.45, 2.75) is 315 Å². The number of nitrogens with one attached hydrogen (secondary N) is 1. The number of quaternary nitrogens is 1. The number of carbonyl (C=O) groups excluding carboxylic acids is 2. The van der Waals surface area contributed by atoms with Crippen LogP contribution >= 0.6 is 7.82 Å². The van der Waals surface area contributed by atoms with Crippen LogP contribution in [-0.2, 0) is 27.9 Å².